The first kappa shape index (κ1) is 34.6. The number of carbonyl (C=O) groups excluding carboxylic acids is 1. The van der Waals surface area contributed by atoms with Crippen molar-refractivity contribution in [2.75, 3.05) is 41.0 Å². The van der Waals surface area contributed by atoms with Gasteiger partial charge in [-0.15, -0.1) is 0 Å². The van der Waals surface area contributed by atoms with Gasteiger partial charge in [-0.25, -0.2) is 4.79 Å². The highest BCUT2D eigenvalue weighted by Gasteiger charge is 2.21. The number of nitrogens with zero attached hydrogens (tertiary/aromatic N) is 1. The van der Waals surface area contributed by atoms with Gasteiger partial charge in [-0.1, -0.05) is 64.0 Å². The minimum absolute atomic E-state index is 0.0103. The summed E-state index contributed by atoms with van der Waals surface area (Å²) in [5.74, 6) is -1.05. The van der Waals surface area contributed by atoms with Crippen molar-refractivity contribution >= 4 is 11.9 Å². The number of methoxy groups -OCH3 is 1. The van der Waals surface area contributed by atoms with Gasteiger partial charge in [0.05, 0.1) is 26.4 Å². The smallest absolute Gasteiger partial charge is 0.332 e. The quantitative estimate of drug-likeness (QED) is 0.0814. The molecule has 2 unspecified atom stereocenters. The van der Waals surface area contributed by atoms with E-state index in [9.17, 15) is 14.7 Å². The van der Waals surface area contributed by atoms with E-state index in [4.69, 9.17) is 9.47 Å². The Labute approximate surface area is 220 Å². The number of unbranched alkanes of at least 4 members (excludes halogenated alkanes) is 11. The number of aliphatic carboxylic acids is 1. The fourth-order valence-corrected chi connectivity index (χ4v) is 3.87. The van der Waals surface area contributed by atoms with Crippen molar-refractivity contribution < 1.29 is 28.9 Å². The molecule has 36 heavy (non-hydrogen) atoms. The minimum Gasteiger partial charge on any atom is -0.479 e. The number of carboxylic acids is 1. The summed E-state index contributed by atoms with van der Waals surface area (Å²) >= 11 is 0. The lowest BCUT2D eigenvalue weighted by molar-refractivity contribution is -0.152. The van der Waals surface area contributed by atoms with E-state index in [1.54, 1.807) is 0 Å². The number of rotatable bonds is 26. The number of allylic oxidation sites excluding steroid dienone is 2. The largest absolute Gasteiger partial charge is 0.479 e. The van der Waals surface area contributed by atoms with Crippen molar-refractivity contribution in [3.63, 3.8) is 0 Å². The van der Waals surface area contributed by atoms with Crippen LogP contribution in [0.1, 0.15) is 110 Å². The van der Waals surface area contributed by atoms with Gasteiger partial charge in [-0.2, -0.15) is 0 Å². The van der Waals surface area contributed by atoms with Crippen molar-refractivity contribution in [3.8, 4) is 0 Å². The van der Waals surface area contributed by atoms with Gasteiger partial charge in [-0.3, -0.25) is 4.79 Å². The van der Waals surface area contributed by atoms with Gasteiger partial charge in [0.25, 0.3) is 0 Å². The topological polar surface area (TPSA) is 85.3 Å². The maximum absolute atomic E-state index is 11.6. The third-order valence-corrected chi connectivity index (χ3v) is 6.43. The van der Waals surface area contributed by atoms with Gasteiger partial charge < -0.3 is 24.2 Å². The molecule has 2 atom stereocenters. The molecular weight excluding hydrogens is 458 g/mol. The Morgan fingerprint density at radius 1 is 0.833 bits per heavy atom. The Kier molecular flexibility index (Phi) is 24.2. The lowest BCUT2D eigenvalue weighted by Gasteiger charge is -2.25. The number of hydrogen-bond acceptors (Lipinski definition) is 6. The first-order valence-corrected chi connectivity index (χ1v) is 14.2. The molecule has 0 radical (unpaired) electrons. The van der Waals surface area contributed by atoms with Crippen molar-refractivity contribution in [2.45, 2.75) is 122 Å². The minimum atomic E-state index is -0.890. The molecule has 7 heteroatoms. The zero-order valence-corrected chi connectivity index (χ0v) is 23.7. The molecular formula is C29H55NO6. The zero-order valence-electron chi connectivity index (χ0n) is 23.7. The van der Waals surface area contributed by atoms with Crippen molar-refractivity contribution in [3.05, 3.63) is 12.2 Å². The SMILES string of the molecule is CCCCCCCCC=CCCCCC(OCC(COCCCCCCC(=O)OC)N(C)C)C(=O)O. The fraction of sp³-hybridized carbons (Fsp3) is 0.862. The summed E-state index contributed by atoms with van der Waals surface area (Å²) < 4.78 is 16.2. The van der Waals surface area contributed by atoms with Crippen LogP contribution in [0, 0.1) is 0 Å². The summed E-state index contributed by atoms with van der Waals surface area (Å²) in [6.45, 7) is 3.73. The second-order valence-corrected chi connectivity index (χ2v) is 9.91. The normalized spacial score (nSPS) is 13.4. The molecule has 0 aliphatic carbocycles. The molecule has 0 spiro atoms. The van der Waals surface area contributed by atoms with E-state index in [-0.39, 0.29) is 12.0 Å². The molecule has 212 valence electrons. The first-order chi connectivity index (χ1) is 17.4. The van der Waals surface area contributed by atoms with E-state index in [1.165, 1.54) is 45.6 Å². The maximum atomic E-state index is 11.6. The predicted molar refractivity (Wildman–Crippen MR) is 146 cm³/mol. The summed E-state index contributed by atoms with van der Waals surface area (Å²) in [6.07, 6.45) is 20.4. The second-order valence-electron chi connectivity index (χ2n) is 9.91. The molecule has 0 fully saturated rings. The number of carboxylic acid groups (broad SMARTS) is 1. The van der Waals surface area contributed by atoms with E-state index in [2.05, 4.69) is 23.8 Å². The van der Waals surface area contributed by atoms with Gasteiger partial charge >= 0.3 is 11.9 Å². The molecule has 0 rings (SSSR count). The Balaban J connectivity index is 3.96. The Morgan fingerprint density at radius 2 is 1.44 bits per heavy atom. The summed E-state index contributed by atoms with van der Waals surface area (Å²) in [5, 5.41) is 9.56. The summed E-state index contributed by atoms with van der Waals surface area (Å²) in [5.41, 5.74) is 0. The number of hydrogen-bond donors (Lipinski definition) is 1. The van der Waals surface area contributed by atoms with Crippen LogP contribution < -0.4 is 0 Å². The number of esters is 1. The molecule has 0 saturated heterocycles. The van der Waals surface area contributed by atoms with Crippen LogP contribution in [-0.2, 0) is 23.8 Å². The molecule has 0 heterocycles. The average Bonchev–Trinajstić information content (AvgIpc) is 2.85. The van der Waals surface area contributed by atoms with Crippen LogP contribution in [0.4, 0.5) is 0 Å². The van der Waals surface area contributed by atoms with E-state index >= 15 is 0 Å². The highest BCUT2D eigenvalue weighted by Crippen LogP contribution is 2.11. The van der Waals surface area contributed by atoms with Gasteiger partial charge in [0.2, 0.25) is 0 Å². The monoisotopic (exact) mass is 513 g/mol. The Morgan fingerprint density at radius 3 is 2.08 bits per heavy atom. The summed E-state index contributed by atoms with van der Waals surface area (Å²) in [6, 6.07) is 0.0103. The maximum Gasteiger partial charge on any atom is 0.332 e. The number of ether oxygens (including phenoxy) is 3. The third-order valence-electron chi connectivity index (χ3n) is 6.43. The van der Waals surface area contributed by atoms with E-state index in [1.807, 2.05) is 19.0 Å². The number of likely N-dealkylation sites (N-methyl/N-ethyl adjacent to an activating group) is 1. The number of carbonyl (C=O) groups is 2. The van der Waals surface area contributed by atoms with Gasteiger partial charge in [0.1, 0.15) is 0 Å². The fourth-order valence-electron chi connectivity index (χ4n) is 3.87. The van der Waals surface area contributed by atoms with Crippen LogP contribution in [-0.4, -0.2) is 75.1 Å². The van der Waals surface area contributed by atoms with Gasteiger partial charge in [0, 0.05) is 13.0 Å². The van der Waals surface area contributed by atoms with Gasteiger partial charge in [0.15, 0.2) is 6.10 Å². The van der Waals surface area contributed by atoms with E-state index < -0.39 is 12.1 Å². The first-order valence-electron chi connectivity index (χ1n) is 14.2. The van der Waals surface area contributed by atoms with Crippen LogP contribution >= 0.6 is 0 Å². The predicted octanol–water partition coefficient (Wildman–Crippen LogP) is 6.39. The van der Waals surface area contributed by atoms with E-state index in [0.717, 1.165) is 51.4 Å². The molecule has 0 aliphatic heterocycles. The average molecular weight is 514 g/mol. The molecule has 7 nitrogen and oxygen atoms in total. The Bertz CT molecular complexity index is 552. The Hall–Kier alpha value is -1.44. The molecule has 0 aromatic carbocycles. The van der Waals surface area contributed by atoms with E-state index in [0.29, 0.717) is 32.7 Å². The summed E-state index contributed by atoms with van der Waals surface area (Å²) in [4.78, 5) is 24.8. The van der Waals surface area contributed by atoms with Crippen LogP contribution in [0.2, 0.25) is 0 Å². The van der Waals surface area contributed by atoms with Crippen molar-refractivity contribution in [2.24, 2.45) is 0 Å². The molecule has 0 saturated carbocycles. The van der Waals surface area contributed by atoms with Crippen LogP contribution in [0.15, 0.2) is 12.2 Å². The molecule has 0 amide bonds. The van der Waals surface area contributed by atoms with Crippen molar-refractivity contribution in [1.29, 1.82) is 0 Å². The molecule has 0 bridgehead atoms. The van der Waals surface area contributed by atoms with Gasteiger partial charge in [-0.05, 0) is 65.5 Å². The zero-order chi connectivity index (χ0) is 26.9. The molecule has 0 aromatic rings. The van der Waals surface area contributed by atoms with Crippen LogP contribution in [0.3, 0.4) is 0 Å². The lowest BCUT2D eigenvalue weighted by Crippen LogP contribution is -2.39. The molecule has 0 aliphatic rings. The van der Waals surface area contributed by atoms with Crippen LogP contribution in [0.5, 0.6) is 0 Å². The molecule has 0 aromatic heterocycles. The highest BCUT2D eigenvalue weighted by molar-refractivity contribution is 5.72. The molecule has 1 N–H and O–H groups in total. The standard InChI is InChI=1S/C29H55NO6/c1-5-6-7-8-9-10-11-12-13-14-15-18-21-27(29(32)33)36-25-26(30(2)3)24-35-23-20-17-16-19-22-28(31)34-4/h12-13,26-27H,5-11,14-25H2,1-4H3,(H,32,33). The second kappa shape index (κ2) is 25.2. The lowest BCUT2D eigenvalue weighted by atomic mass is 10.1. The third kappa shape index (κ3) is 21.8. The van der Waals surface area contributed by atoms with Crippen LogP contribution in [0.25, 0.3) is 0 Å². The highest BCUT2D eigenvalue weighted by atomic mass is 16.5. The van der Waals surface area contributed by atoms with Crippen molar-refractivity contribution in [1.82, 2.24) is 4.90 Å². The summed E-state index contributed by atoms with van der Waals surface area (Å²) in [7, 11) is 5.33.